The highest BCUT2D eigenvalue weighted by atomic mass is 127. The van der Waals surface area contributed by atoms with Crippen molar-refractivity contribution >= 4 is 51.0 Å². The number of carbonyl (C=O) groups excluding carboxylic acids is 1. The molecule has 0 aliphatic rings. The van der Waals surface area contributed by atoms with Crippen molar-refractivity contribution in [2.75, 3.05) is 19.1 Å². The fraction of sp³-hybridized carbons (Fsp3) is 0.158. The molecule has 134 valence electrons. The zero-order chi connectivity index (χ0) is 18.8. The van der Waals surface area contributed by atoms with E-state index in [2.05, 4.69) is 27.9 Å². The van der Waals surface area contributed by atoms with Crippen LogP contribution in [0.2, 0.25) is 5.02 Å². The van der Waals surface area contributed by atoms with E-state index in [4.69, 9.17) is 11.6 Å². The summed E-state index contributed by atoms with van der Waals surface area (Å²) >= 11 is 8.03. The third kappa shape index (κ3) is 3.86. The normalized spacial score (nSPS) is 10.8. The van der Waals surface area contributed by atoms with Crippen LogP contribution in [-0.2, 0) is 6.54 Å². The number of nitrogens with one attached hydrogen (secondary N) is 1. The van der Waals surface area contributed by atoms with Crippen LogP contribution in [-0.4, -0.2) is 24.7 Å². The lowest BCUT2D eigenvalue weighted by Gasteiger charge is -2.21. The molecule has 5 nitrogen and oxygen atoms in total. The fourth-order valence-electron chi connectivity index (χ4n) is 2.66. The molecule has 0 fully saturated rings. The third-order valence-corrected chi connectivity index (χ3v) is 4.91. The van der Waals surface area contributed by atoms with Gasteiger partial charge in [0, 0.05) is 40.8 Å². The Morgan fingerprint density at radius 1 is 1.19 bits per heavy atom. The summed E-state index contributed by atoms with van der Waals surface area (Å²) in [7, 11) is 3.72. The zero-order valence-corrected chi connectivity index (χ0v) is 17.2. The molecule has 3 aromatic rings. The molecule has 0 radical (unpaired) electrons. The van der Waals surface area contributed by atoms with Gasteiger partial charge in [0.15, 0.2) is 0 Å². The van der Waals surface area contributed by atoms with Gasteiger partial charge >= 0.3 is 0 Å². The molecule has 0 atom stereocenters. The number of aromatic nitrogens is 1. The Kier molecular flexibility index (Phi) is 5.52. The maximum atomic E-state index is 12.8. The van der Waals surface area contributed by atoms with Crippen LogP contribution in [0.3, 0.4) is 0 Å². The van der Waals surface area contributed by atoms with Crippen LogP contribution in [0.4, 0.5) is 0 Å². The molecular formula is C19H17ClIN3O2. The molecule has 2 aromatic carbocycles. The van der Waals surface area contributed by atoms with Gasteiger partial charge in [-0.05, 0) is 58.5 Å². The molecule has 1 heterocycles. The summed E-state index contributed by atoms with van der Waals surface area (Å²) in [6, 6.07) is 12.8. The lowest BCUT2D eigenvalue weighted by atomic mass is 10.1. The molecule has 0 spiro atoms. The quantitative estimate of drug-likeness (QED) is 0.581. The summed E-state index contributed by atoms with van der Waals surface area (Å²) in [5.41, 5.74) is 1.51. The van der Waals surface area contributed by atoms with Crippen molar-refractivity contribution in [3.63, 3.8) is 0 Å². The maximum absolute atomic E-state index is 12.8. The zero-order valence-electron chi connectivity index (χ0n) is 14.3. The molecule has 0 bridgehead atoms. The molecule has 0 aliphatic heterocycles. The van der Waals surface area contributed by atoms with Gasteiger partial charge in [-0.25, -0.2) is 0 Å². The third-order valence-electron chi connectivity index (χ3n) is 3.99. The van der Waals surface area contributed by atoms with Gasteiger partial charge in [-0.1, -0.05) is 23.7 Å². The van der Waals surface area contributed by atoms with E-state index < -0.39 is 5.91 Å². The maximum Gasteiger partial charge on any atom is 0.257 e. The number of carbonyl (C=O) groups is 1. The molecule has 0 aliphatic carbocycles. The summed E-state index contributed by atoms with van der Waals surface area (Å²) in [5.74, 6) is -0.402. The van der Waals surface area contributed by atoms with Crippen molar-refractivity contribution < 1.29 is 4.79 Å². The van der Waals surface area contributed by atoms with Crippen LogP contribution in [0.25, 0.3) is 10.9 Å². The topological polar surface area (TPSA) is 54.3 Å². The van der Waals surface area contributed by atoms with Gasteiger partial charge in [-0.3, -0.25) is 14.3 Å². The van der Waals surface area contributed by atoms with Gasteiger partial charge in [0.2, 0.25) is 5.43 Å². The molecule has 3 rings (SSSR count). The first kappa shape index (κ1) is 18.7. The minimum absolute atomic E-state index is 0.113. The molecular weight excluding hydrogens is 465 g/mol. The number of benzene rings is 2. The first-order valence-electron chi connectivity index (χ1n) is 7.92. The van der Waals surface area contributed by atoms with Gasteiger partial charge in [-0.2, -0.15) is 0 Å². The number of fused-ring (bicyclic) bond motifs is 1. The number of halogens is 2. The largest absolute Gasteiger partial charge is 0.348 e. The predicted octanol–water partition coefficient (Wildman–Crippen LogP) is 3.39. The van der Waals surface area contributed by atoms with Crippen molar-refractivity contribution in [2.24, 2.45) is 0 Å². The molecule has 1 aromatic heterocycles. The van der Waals surface area contributed by atoms with Crippen LogP contribution in [0.15, 0.2) is 53.5 Å². The first-order valence-corrected chi connectivity index (χ1v) is 9.37. The minimum atomic E-state index is -0.402. The average molecular weight is 482 g/mol. The summed E-state index contributed by atoms with van der Waals surface area (Å²) in [6.07, 6.45) is 1.58. The Morgan fingerprint density at radius 2 is 1.88 bits per heavy atom. The van der Waals surface area contributed by atoms with Gasteiger partial charge in [0.05, 0.1) is 5.52 Å². The lowest BCUT2D eigenvalue weighted by molar-refractivity contribution is 0.0949. The molecule has 1 amide bonds. The van der Waals surface area contributed by atoms with E-state index in [9.17, 15) is 9.59 Å². The monoisotopic (exact) mass is 481 g/mol. The van der Waals surface area contributed by atoms with Crippen LogP contribution >= 0.6 is 34.2 Å². The second kappa shape index (κ2) is 7.67. The van der Waals surface area contributed by atoms with E-state index in [-0.39, 0.29) is 11.0 Å². The highest BCUT2D eigenvalue weighted by Crippen LogP contribution is 2.16. The second-order valence-corrected chi connectivity index (χ2v) is 7.72. The molecule has 0 unspecified atom stereocenters. The van der Waals surface area contributed by atoms with Gasteiger partial charge in [0.25, 0.3) is 5.91 Å². The fourth-order valence-corrected chi connectivity index (χ4v) is 3.28. The van der Waals surface area contributed by atoms with Crippen LogP contribution < -0.4 is 15.8 Å². The van der Waals surface area contributed by atoms with Crippen molar-refractivity contribution in [2.45, 2.75) is 6.54 Å². The van der Waals surface area contributed by atoms with Crippen LogP contribution in [0.5, 0.6) is 0 Å². The van der Waals surface area contributed by atoms with E-state index >= 15 is 0 Å². The summed E-state index contributed by atoms with van der Waals surface area (Å²) in [6.45, 7) is 0.321. The Morgan fingerprint density at radius 3 is 2.54 bits per heavy atom. The van der Waals surface area contributed by atoms with E-state index in [0.29, 0.717) is 17.0 Å². The Balaban J connectivity index is 1.98. The van der Waals surface area contributed by atoms with Crippen molar-refractivity contribution in [3.05, 3.63) is 78.6 Å². The number of hydrogen-bond donors (Lipinski definition) is 1. The molecule has 7 heteroatoms. The minimum Gasteiger partial charge on any atom is -0.348 e. The van der Waals surface area contributed by atoms with Crippen LogP contribution in [0.1, 0.15) is 15.9 Å². The van der Waals surface area contributed by atoms with E-state index in [1.807, 2.05) is 43.4 Å². The Bertz CT molecular complexity index is 1030. The number of hydrogen-bond acceptors (Lipinski definition) is 3. The molecule has 1 N–H and O–H groups in total. The molecule has 0 saturated carbocycles. The second-order valence-electron chi connectivity index (χ2n) is 6.03. The SMILES string of the molecule is CN(C)n1cc(C(=O)NCc2ccc(Cl)cc2)c(=O)c2cc(I)ccc21. The standard InChI is InChI=1S/C19H17ClIN3O2/c1-23(2)24-11-16(18(25)15-9-14(21)7-8-17(15)24)19(26)22-10-12-3-5-13(20)6-4-12/h3-9,11H,10H2,1-2H3,(H,22,26). The van der Waals surface area contributed by atoms with Gasteiger partial charge in [-0.15, -0.1) is 0 Å². The highest BCUT2D eigenvalue weighted by molar-refractivity contribution is 14.1. The number of nitrogens with zero attached hydrogens (tertiary/aromatic N) is 2. The van der Waals surface area contributed by atoms with E-state index in [0.717, 1.165) is 14.7 Å². The summed E-state index contributed by atoms with van der Waals surface area (Å²) in [5, 5.41) is 5.78. The molecule has 0 saturated heterocycles. The number of pyridine rings is 1. The average Bonchev–Trinajstić information content (AvgIpc) is 2.61. The van der Waals surface area contributed by atoms with Gasteiger partial charge < -0.3 is 10.3 Å². The van der Waals surface area contributed by atoms with E-state index in [1.165, 1.54) is 0 Å². The lowest BCUT2D eigenvalue weighted by Crippen LogP contribution is -2.33. The predicted molar refractivity (Wildman–Crippen MR) is 114 cm³/mol. The summed E-state index contributed by atoms with van der Waals surface area (Å²) in [4.78, 5) is 25.5. The Hall–Kier alpha value is -2.06. The Labute approximate surface area is 169 Å². The van der Waals surface area contributed by atoms with Crippen molar-refractivity contribution in [3.8, 4) is 0 Å². The first-order chi connectivity index (χ1) is 12.4. The number of amides is 1. The molecule has 26 heavy (non-hydrogen) atoms. The van der Waals surface area contributed by atoms with Crippen LogP contribution in [0, 0.1) is 3.57 Å². The van der Waals surface area contributed by atoms with Crippen molar-refractivity contribution in [1.29, 1.82) is 0 Å². The highest BCUT2D eigenvalue weighted by Gasteiger charge is 2.16. The number of rotatable bonds is 4. The summed E-state index contributed by atoms with van der Waals surface area (Å²) < 4.78 is 2.74. The van der Waals surface area contributed by atoms with Crippen molar-refractivity contribution in [1.82, 2.24) is 9.99 Å². The van der Waals surface area contributed by atoms with E-state index in [1.54, 1.807) is 29.1 Å². The van der Waals surface area contributed by atoms with Gasteiger partial charge in [0.1, 0.15) is 5.56 Å². The smallest absolute Gasteiger partial charge is 0.257 e.